The van der Waals surface area contributed by atoms with E-state index in [2.05, 4.69) is 41.7 Å². The minimum Gasteiger partial charge on any atom is -0.356 e. The number of hydrogen-bond donors (Lipinski definition) is 1. The monoisotopic (exact) mass is 278 g/mol. The third-order valence-corrected chi connectivity index (χ3v) is 4.52. The molecule has 0 aliphatic heterocycles. The third-order valence-electron chi connectivity index (χ3n) is 3.33. The van der Waals surface area contributed by atoms with Gasteiger partial charge in [0.15, 0.2) is 0 Å². The largest absolute Gasteiger partial charge is 0.356 e. The van der Waals surface area contributed by atoms with E-state index in [0.717, 1.165) is 25.0 Å². The predicted molar refractivity (Wildman–Crippen MR) is 79.4 cm³/mol. The van der Waals surface area contributed by atoms with Crippen LogP contribution in [-0.4, -0.2) is 17.4 Å². The molecule has 1 aromatic rings. The number of nitrogens with zero attached hydrogens (tertiary/aromatic N) is 1. The van der Waals surface area contributed by atoms with Crippen LogP contribution >= 0.6 is 11.3 Å². The van der Waals surface area contributed by atoms with Gasteiger partial charge in [-0.1, -0.05) is 26.0 Å². The molecule has 4 heteroatoms. The van der Waals surface area contributed by atoms with Crippen LogP contribution in [0, 0.1) is 5.92 Å². The standard InChI is InChI=1S/C15H22N2OS/c1-11(2)15-17-13(10-19-15)7-8-16-14(18)9-12-5-3-4-6-12/h3,5,10-12H,4,6-9H2,1-2H3,(H,16,18). The second-order valence-corrected chi connectivity index (χ2v) is 6.29. The van der Waals surface area contributed by atoms with Crippen LogP contribution in [0.1, 0.15) is 49.7 Å². The highest BCUT2D eigenvalue weighted by atomic mass is 32.1. The fourth-order valence-corrected chi connectivity index (χ4v) is 3.08. The van der Waals surface area contributed by atoms with Crippen molar-refractivity contribution in [2.75, 3.05) is 6.54 Å². The number of amides is 1. The average Bonchev–Trinajstić information content (AvgIpc) is 3.00. The van der Waals surface area contributed by atoms with Crippen molar-refractivity contribution in [1.29, 1.82) is 0 Å². The van der Waals surface area contributed by atoms with E-state index in [4.69, 9.17) is 0 Å². The van der Waals surface area contributed by atoms with Gasteiger partial charge in [0.2, 0.25) is 5.91 Å². The Balaban J connectivity index is 1.67. The number of aromatic nitrogens is 1. The molecule has 1 aliphatic rings. The number of carbonyl (C=O) groups excluding carboxylic acids is 1. The van der Waals surface area contributed by atoms with Gasteiger partial charge in [0.05, 0.1) is 10.7 Å². The molecule has 0 saturated heterocycles. The molecule has 19 heavy (non-hydrogen) atoms. The van der Waals surface area contributed by atoms with Gasteiger partial charge in [-0.3, -0.25) is 4.79 Å². The molecule has 3 nitrogen and oxygen atoms in total. The summed E-state index contributed by atoms with van der Waals surface area (Å²) in [6.45, 7) is 5.00. The number of hydrogen-bond acceptors (Lipinski definition) is 3. The highest BCUT2D eigenvalue weighted by molar-refractivity contribution is 7.09. The molecule has 1 amide bonds. The average molecular weight is 278 g/mol. The Morgan fingerprint density at radius 1 is 1.58 bits per heavy atom. The van der Waals surface area contributed by atoms with E-state index in [9.17, 15) is 4.79 Å². The van der Waals surface area contributed by atoms with Crippen molar-refractivity contribution in [3.63, 3.8) is 0 Å². The molecule has 1 atom stereocenters. The highest BCUT2D eigenvalue weighted by Gasteiger charge is 2.13. The summed E-state index contributed by atoms with van der Waals surface area (Å²) in [5, 5.41) is 6.26. The van der Waals surface area contributed by atoms with Crippen molar-refractivity contribution in [3.05, 3.63) is 28.2 Å². The SMILES string of the molecule is CC(C)c1nc(CCNC(=O)CC2C=CCC2)cs1. The lowest BCUT2D eigenvalue weighted by Gasteiger charge is -2.07. The maximum Gasteiger partial charge on any atom is 0.220 e. The second-order valence-electron chi connectivity index (χ2n) is 5.40. The number of rotatable bonds is 6. The molecule has 0 bridgehead atoms. The zero-order valence-electron chi connectivity index (χ0n) is 11.7. The van der Waals surface area contributed by atoms with Gasteiger partial charge in [-0.2, -0.15) is 0 Å². The van der Waals surface area contributed by atoms with Crippen molar-refractivity contribution in [3.8, 4) is 0 Å². The number of thiazole rings is 1. The van der Waals surface area contributed by atoms with Crippen LogP contribution in [0.15, 0.2) is 17.5 Å². The molecule has 0 radical (unpaired) electrons. The summed E-state index contributed by atoms with van der Waals surface area (Å²) in [5.74, 6) is 1.10. The zero-order chi connectivity index (χ0) is 13.7. The molecule has 0 spiro atoms. The molecule has 0 saturated carbocycles. The van der Waals surface area contributed by atoms with E-state index in [0.29, 0.717) is 24.8 Å². The van der Waals surface area contributed by atoms with Crippen molar-refractivity contribution < 1.29 is 4.79 Å². The van der Waals surface area contributed by atoms with E-state index in [1.807, 2.05) is 0 Å². The van der Waals surface area contributed by atoms with Crippen molar-refractivity contribution in [2.45, 2.75) is 45.4 Å². The molecule has 1 aromatic heterocycles. The minimum absolute atomic E-state index is 0.163. The number of nitrogens with one attached hydrogen (secondary N) is 1. The quantitative estimate of drug-likeness (QED) is 0.811. The van der Waals surface area contributed by atoms with Gasteiger partial charge in [-0.05, 0) is 18.8 Å². The van der Waals surface area contributed by atoms with Crippen molar-refractivity contribution >= 4 is 17.2 Å². The van der Waals surface area contributed by atoms with Crippen LogP contribution in [0.5, 0.6) is 0 Å². The van der Waals surface area contributed by atoms with E-state index in [-0.39, 0.29) is 5.91 Å². The Morgan fingerprint density at radius 3 is 3.05 bits per heavy atom. The van der Waals surface area contributed by atoms with E-state index in [1.54, 1.807) is 11.3 Å². The predicted octanol–water partition coefficient (Wildman–Crippen LogP) is 3.28. The van der Waals surface area contributed by atoms with Crippen LogP contribution in [0.2, 0.25) is 0 Å². The van der Waals surface area contributed by atoms with Gasteiger partial charge in [0.1, 0.15) is 0 Å². The first-order valence-corrected chi connectivity index (χ1v) is 7.90. The van der Waals surface area contributed by atoms with Crippen molar-refractivity contribution in [2.24, 2.45) is 5.92 Å². The Morgan fingerprint density at radius 2 is 2.42 bits per heavy atom. The fourth-order valence-electron chi connectivity index (χ4n) is 2.21. The number of allylic oxidation sites excluding steroid dienone is 2. The van der Waals surface area contributed by atoms with E-state index >= 15 is 0 Å². The number of carbonyl (C=O) groups is 1. The van der Waals surface area contributed by atoms with Crippen LogP contribution in [-0.2, 0) is 11.2 Å². The molecule has 1 unspecified atom stereocenters. The zero-order valence-corrected chi connectivity index (χ0v) is 12.5. The van der Waals surface area contributed by atoms with Gasteiger partial charge in [-0.15, -0.1) is 11.3 Å². The van der Waals surface area contributed by atoms with Gasteiger partial charge < -0.3 is 5.32 Å². The molecular formula is C15H22N2OS. The van der Waals surface area contributed by atoms with Gasteiger partial charge in [-0.25, -0.2) is 4.98 Å². The summed E-state index contributed by atoms with van der Waals surface area (Å²) < 4.78 is 0. The molecular weight excluding hydrogens is 256 g/mol. The van der Waals surface area contributed by atoms with Crippen LogP contribution < -0.4 is 5.32 Å². The Hall–Kier alpha value is -1.16. The van der Waals surface area contributed by atoms with Gasteiger partial charge in [0.25, 0.3) is 0 Å². The first kappa shape index (κ1) is 14.3. The Bertz CT molecular complexity index is 451. The third kappa shape index (κ3) is 4.46. The summed E-state index contributed by atoms with van der Waals surface area (Å²) >= 11 is 1.71. The van der Waals surface area contributed by atoms with Crippen LogP contribution in [0.25, 0.3) is 0 Å². The maximum atomic E-state index is 11.7. The molecule has 1 heterocycles. The van der Waals surface area contributed by atoms with Crippen molar-refractivity contribution in [1.82, 2.24) is 10.3 Å². The first-order chi connectivity index (χ1) is 9.15. The van der Waals surface area contributed by atoms with Crippen LogP contribution in [0.4, 0.5) is 0 Å². The van der Waals surface area contributed by atoms with E-state index in [1.165, 1.54) is 5.01 Å². The lowest BCUT2D eigenvalue weighted by Crippen LogP contribution is -2.27. The summed E-state index contributed by atoms with van der Waals surface area (Å²) in [6, 6.07) is 0. The van der Waals surface area contributed by atoms with Gasteiger partial charge >= 0.3 is 0 Å². The molecule has 0 aromatic carbocycles. The van der Waals surface area contributed by atoms with Crippen LogP contribution in [0.3, 0.4) is 0 Å². The summed E-state index contributed by atoms with van der Waals surface area (Å²) in [6.07, 6.45) is 8.03. The molecule has 0 fully saturated rings. The van der Waals surface area contributed by atoms with E-state index < -0.39 is 0 Å². The normalized spacial score (nSPS) is 18.2. The maximum absolute atomic E-state index is 11.7. The smallest absolute Gasteiger partial charge is 0.220 e. The summed E-state index contributed by atoms with van der Waals surface area (Å²) in [7, 11) is 0. The highest BCUT2D eigenvalue weighted by Crippen LogP contribution is 2.20. The minimum atomic E-state index is 0.163. The Labute approximate surface area is 119 Å². The molecule has 1 aliphatic carbocycles. The molecule has 2 rings (SSSR count). The second kappa shape index (κ2) is 6.85. The lowest BCUT2D eigenvalue weighted by atomic mass is 10.1. The lowest BCUT2D eigenvalue weighted by molar-refractivity contribution is -0.121. The fraction of sp³-hybridized carbons (Fsp3) is 0.600. The molecule has 104 valence electrons. The molecule has 1 N–H and O–H groups in total. The van der Waals surface area contributed by atoms with Gasteiger partial charge in [0, 0.05) is 30.7 Å². The topological polar surface area (TPSA) is 42.0 Å². The summed E-state index contributed by atoms with van der Waals surface area (Å²) in [4.78, 5) is 16.3. The Kier molecular flexibility index (Phi) is 5.14. The first-order valence-electron chi connectivity index (χ1n) is 7.03. The summed E-state index contributed by atoms with van der Waals surface area (Å²) in [5.41, 5.74) is 1.09.